The normalized spacial score (nSPS) is 16.4. The number of thiophene rings is 1. The van der Waals surface area contributed by atoms with Gasteiger partial charge in [0.25, 0.3) is 0 Å². The van der Waals surface area contributed by atoms with Gasteiger partial charge >= 0.3 is 0 Å². The van der Waals surface area contributed by atoms with Crippen molar-refractivity contribution in [2.24, 2.45) is 0 Å². The summed E-state index contributed by atoms with van der Waals surface area (Å²) in [6.07, 6.45) is 9.13. The van der Waals surface area contributed by atoms with Crippen LogP contribution in [-0.2, 0) is 11.2 Å². The molecule has 2 aromatic heterocycles. The Balaban J connectivity index is 1.69. The number of nitrogens with zero attached hydrogens (tertiary/aromatic N) is 3. The van der Waals surface area contributed by atoms with Gasteiger partial charge in [0, 0.05) is 23.4 Å². The summed E-state index contributed by atoms with van der Waals surface area (Å²) in [4.78, 5) is 13.6. The first-order chi connectivity index (χ1) is 13.2. The molecule has 7 heteroatoms. The minimum atomic E-state index is 0.0824. The molecule has 0 unspecified atom stereocenters. The van der Waals surface area contributed by atoms with Crippen LogP contribution in [0.2, 0.25) is 0 Å². The van der Waals surface area contributed by atoms with Crippen LogP contribution in [0.15, 0.2) is 22.7 Å². The zero-order chi connectivity index (χ0) is 19.1. The van der Waals surface area contributed by atoms with Crippen LogP contribution in [-0.4, -0.2) is 32.5 Å². The molecule has 1 atom stereocenters. The van der Waals surface area contributed by atoms with Gasteiger partial charge in [-0.1, -0.05) is 50.4 Å². The Kier molecular flexibility index (Phi) is 7.76. The molecule has 1 aliphatic carbocycles. The quantitative estimate of drug-likeness (QED) is 0.606. The second kappa shape index (κ2) is 10.3. The molecular weight excluding hydrogens is 376 g/mol. The first-order valence-corrected chi connectivity index (χ1v) is 11.9. The van der Waals surface area contributed by atoms with Crippen molar-refractivity contribution >= 4 is 29.0 Å². The number of aromatic nitrogens is 3. The highest BCUT2D eigenvalue weighted by Crippen LogP contribution is 2.33. The minimum Gasteiger partial charge on any atom is -0.353 e. The largest absolute Gasteiger partial charge is 0.353 e. The van der Waals surface area contributed by atoms with E-state index in [4.69, 9.17) is 0 Å². The van der Waals surface area contributed by atoms with E-state index in [1.807, 2.05) is 0 Å². The molecule has 27 heavy (non-hydrogen) atoms. The van der Waals surface area contributed by atoms with Gasteiger partial charge in [-0.2, -0.15) is 0 Å². The molecule has 2 aromatic rings. The van der Waals surface area contributed by atoms with Crippen LogP contribution in [0.5, 0.6) is 0 Å². The van der Waals surface area contributed by atoms with Crippen molar-refractivity contribution in [3.8, 4) is 0 Å². The molecule has 0 spiro atoms. The van der Waals surface area contributed by atoms with E-state index >= 15 is 0 Å². The second-order valence-corrected chi connectivity index (χ2v) is 9.34. The van der Waals surface area contributed by atoms with Crippen molar-refractivity contribution in [1.82, 2.24) is 20.1 Å². The topological polar surface area (TPSA) is 59.8 Å². The number of nitrogens with one attached hydrogen (secondary N) is 1. The van der Waals surface area contributed by atoms with E-state index in [-0.39, 0.29) is 11.9 Å². The van der Waals surface area contributed by atoms with E-state index in [1.54, 1.807) is 11.3 Å². The van der Waals surface area contributed by atoms with Crippen LogP contribution in [0.4, 0.5) is 0 Å². The highest BCUT2D eigenvalue weighted by atomic mass is 32.2. The fourth-order valence-electron chi connectivity index (χ4n) is 3.75. The lowest BCUT2D eigenvalue weighted by Gasteiger charge is -2.25. The molecule has 2 heterocycles. The molecule has 1 amide bonds. The molecule has 148 valence electrons. The van der Waals surface area contributed by atoms with Gasteiger partial charge < -0.3 is 9.88 Å². The van der Waals surface area contributed by atoms with Gasteiger partial charge in [-0.3, -0.25) is 4.79 Å². The molecule has 0 bridgehead atoms. The summed E-state index contributed by atoms with van der Waals surface area (Å²) >= 11 is 3.28. The maximum absolute atomic E-state index is 12.3. The summed E-state index contributed by atoms with van der Waals surface area (Å²) in [5.74, 6) is 1.52. The average Bonchev–Trinajstić information content (AvgIpc) is 3.31. The van der Waals surface area contributed by atoms with Gasteiger partial charge in [0.1, 0.15) is 5.82 Å². The van der Waals surface area contributed by atoms with Crippen molar-refractivity contribution in [2.75, 3.05) is 5.75 Å². The first kappa shape index (κ1) is 20.4. The van der Waals surface area contributed by atoms with Gasteiger partial charge in [-0.15, -0.1) is 21.5 Å². The zero-order valence-corrected chi connectivity index (χ0v) is 18.0. The molecule has 1 N–H and O–H groups in total. The van der Waals surface area contributed by atoms with Gasteiger partial charge in [0.05, 0.1) is 5.75 Å². The van der Waals surface area contributed by atoms with Crippen molar-refractivity contribution < 1.29 is 4.79 Å². The van der Waals surface area contributed by atoms with Crippen molar-refractivity contribution in [2.45, 2.75) is 82.5 Å². The Labute approximate surface area is 170 Å². The third-order valence-electron chi connectivity index (χ3n) is 5.05. The van der Waals surface area contributed by atoms with Crippen molar-refractivity contribution in [3.05, 3.63) is 28.2 Å². The van der Waals surface area contributed by atoms with Crippen LogP contribution in [0, 0.1) is 0 Å². The molecule has 3 rings (SSSR count). The number of thioether (sulfide) groups is 1. The van der Waals surface area contributed by atoms with E-state index in [1.165, 1.54) is 48.7 Å². The van der Waals surface area contributed by atoms with E-state index in [0.717, 1.165) is 30.2 Å². The lowest BCUT2D eigenvalue weighted by atomic mass is 9.95. The van der Waals surface area contributed by atoms with Crippen LogP contribution in [0.1, 0.15) is 75.5 Å². The third-order valence-corrected chi connectivity index (χ3v) is 6.87. The van der Waals surface area contributed by atoms with Crippen molar-refractivity contribution in [3.63, 3.8) is 0 Å². The number of carbonyl (C=O) groups is 1. The number of carbonyl (C=O) groups excluding carboxylic acids is 1. The molecule has 0 aliphatic heterocycles. The number of amides is 1. The summed E-state index contributed by atoms with van der Waals surface area (Å²) in [7, 11) is 0. The standard InChI is InChI=1S/C20H30N4OS2/c1-3-8-15(2)21-19(25)14-27-20-23-22-18(13-17-11-7-12-26-17)24(20)16-9-5-4-6-10-16/h7,11-12,15-16H,3-6,8-10,13-14H2,1-2H3,(H,21,25)/t15-/m1/s1. The summed E-state index contributed by atoms with van der Waals surface area (Å²) in [5, 5.41) is 15.0. The maximum Gasteiger partial charge on any atom is 0.230 e. The summed E-state index contributed by atoms with van der Waals surface area (Å²) in [5.41, 5.74) is 0. The summed E-state index contributed by atoms with van der Waals surface area (Å²) < 4.78 is 2.33. The fourth-order valence-corrected chi connectivity index (χ4v) is 5.29. The highest BCUT2D eigenvalue weighted by Gasteiger charge is 2.23. The van der Waals surface area contributed by atoms with Crippen LogP contribution < -0.4 is 5.32 Å². The highest BCUT2D eigenvalue weighted by molar-refractivity contribution is 7.99. The van der Waals surface area contributed by atoms with Crippen LogP contribution >= 0.6 is 23.1 Å². The molecule has 0 aromatic carbocycles. The first-order valence-electron chi connectivity index (χ1n) is 10.1. The lowest BCUT2D eigenvalue weighted by Crippen LogP contribution is -2.33. The minimum absolute atomic E-state index is 0.0824. The molecule has 0 radical (unpaired) electrons. The fraction of sp³-hybridized carbons (Fsp3) is 0.650. The summed E-state index contributed by atoms with van der Waals surface area (Å²) in [6, 6.07) is 4.93. The Morgan fingerprint density at radius 3 is 2.89 bits per heavy atom. The van der Waals surface area contributed by atoms with E-state index < -0.39 is 0 Å². The van der Waals surface area contributed by atoms with Gasteiger partial charge in [0.15, 0.2) is 5.16 Å². The van der Waals surface area contributed by atoms with Gasteiger partial charge in [0.2, 0.25) is 5.91 Å². The molecule has 1 aliphatic rings. The predicted molar refractivity (Wildman–Crippen MR) is 113 cm³/mol. The van der Waals surface area contributed by atoms with E-state index in [2.05, 4.69) is 51.4 Å². The molecule has 5 nitrogen and oxygen atoms in total. The van der Waals surface area contributed by atoms with Crippen LogP contribution in [0.25, 0.3) is 0 Å². The number of rotatable bonds is 9. The van der Waals surface area contributed by atoms with E-state index in [0.29, 0.717) is 11.8 Å². The molecule has 0 saturated heterocycles. The Hall–Kier alpha value is -1.34. The molecular formula is C20H30N4OS2. The van der Waals surface area contributed by atoms with Gasteiger partial charge in [-0.25, -0.2) is 0 Å². The van der Waals surface area contributed by atoms with E-state index in [9.17, 15) is 4.79 Å². The number of hydrogen-bond acceptors (Lipinski definition) is 5. The smallest absolute Gasteiger partial charge is 0.230 e. The summed E-state index contributed by atoms with van der Waals surface area (Å²) in [6.45, 7) is 4.20. The SMILES string of the molecule is CCC[C@@H](C)NC(=O)CSc1nnc(Cc2cccs2)n1C1CCCCC1. The maximum atomic E-state index is 12.3. The predicted octanol–water partition coefficient (Wildman–Crippen LogP) is 4.83. The monoisotopic (exact) mass is 406 g/mol. The van der Waals surface area contributed by atoms with Crippen molar-refractivity contribution in [1.29, 1.82) is 0 Å². The Morgan fingerprint density at radius 2 is 2.19 bits per heavy atom. The number of hydrogen-bond donors (Lipinski definition) is 1. The molecule has 1 fully saturated rings. The molecule has 1 saturated carbocycles. The zero-order valence-electron chi connectivity index (χ0n) is 16.3. The third kappa shape index (κ3) is 5.82. The lowest BCUT2D eigenvalue weighted by molar-refractivity contribution is -0.119. The van der Waals surface area contributed by atoms with Crippen LogP contribution in [0.3, 0.4) is 0 Å². The average molecular weight is 407 g/mol. The second-order valence-electron chi connectivity index (χ2n) is 7.36. The Bertz CT molecular complexity index is 708. The van der Waals surface area contributed by atoms with Gasteiger partial charge in [-0.05, 0) is 37.6 Å². The Morgan fingerprint density at radius 1 is 1.37 bits per heavy atom.